The van der Waals surface area contributed by atoms with Crippen LogP contribution < -0.4 is 0 Å². The van der Waals surface area contributed by atoms with Crippen LogP contribution in [0.3, 0.4) is 0 Å². The van der Waals surface area contributed by atoms with Crippen LogP contribution in [0.5, 0.6) is 0 Å². The summed E-state index contributed by atoms with van der Waals surface area (Å²) in [5.74, 6) is -0.110. The number of hydrogen-bond donors (Lipinski definition) is 0. The molecule has 0 spiro atoms. The molecule has 0 saturated heterocycles. The number of hydrogen-bond acceptors (Lipinski definition) is 1. The summed E-state index contributed by atoms with van der Waals surface area (Å²) in [5.41, 5.74) is 1.76. The van der Waals surface area contributed by atoms with E-state index in [4.69, 9.17) is 0 Å². The number of fused-ring (bicyclic) bond motifs is 1. The molecule has 0 fully saturated rings. The fourth-order valence-corrected chi connectivity index (χ4v) is 2.40. The molecule has 16 heavy (non-hydrogen) atoms. The van der Waals surface area contributed by atoms with Crippen molar-refractivity contribution in [1.29, 1.82) is 0 Å². The first-order valence-electron chi connectivity index (χ1n) is 5.62. The average molecular weight is 221 g/mol. The standard InChI is InChI=1S/C13H16FNO/c1-9(16)15(2)13-8-4-5-10-11(13)6-3-7-12(10)14/h3,6-7,13H,4-5,8H2,1-2H3. The van der Waals surface area contributed by atoms with E-state index in [1.807, 2.05) is 6.07 Å². The van der Waals surface area contributed by atoms with Crippen molar-refractivity contribution in [3.8, 4) is 0 Å². The molecule has 0 saturated carbocycles. The van der Waals surface area contributed by atoms with Crippen molar-refractivity contribution in [2.75, 3.05) is 7.05 Å². The highest BCUT2D eigenvalue weighted by molar-refractivity contribution is 5.73. The lowest BCUT2D eigenvalue weighted by molar-refractivity contribution is -0.130. The quantitative estimate of drug-likeness (QED) is 0.714. The number of rotatable bonds is 1. The van der Waals surface area contributed by atoms with Gasteiger partial charge in [0.25, 0.3) is 0 Å². The lowest BCUT2D eigenvalue weighted by Gasteiger charge is -2.32. The van der Waals surface area contributed by atoms with Gasteiger partial charge < -0.3 is 4.90 Å². The minimum absolute atomic E-state index is 0.0297. The van der Waals surface area contributed by atoms with Crippen LogP contribution in [-0.2, 0) is 11.2 Å². The zero-order chi connectivity index (χ0) is 11.7. The Hall–Kier alpha value is -1.38. The topological polar surface area (TPSA) is 20.3 Å². The molecule has 0 bridgehead atoms. The number of carbonyl (C=O) groups excluding carboxylic acids is 1. The van der Waals surface area contributed by atoms with Crippen LogP contribution in [0.4, 0.5) is 4.39 Å². The average Bonchev–Trinajstić information content (AvgIpc) is 2.28. The maximum atomic E-state index is 13.6. The van der Waals surface area contributed by atoms with Gasteiger partial charge in [-0.2, -0.15) is 0 Å². The molecular formula is C13H16FNO. The zero-order valence-corrected chi connectivity index (χ0v) is 9.66. The summed E-state index contributed by atoms with van der Waals surface area (Å²) in [4.78, 5) is 13.1. The molecule has 1 atom stereocenters. The molecule has 86 valence electrons. The third kappa shape index (κ3) is 1.82. The lowest BCUT2D eigenvalue weighted by atomic mass is 9.86. The van der Waals surface area contributed by atoms with Crippen molar-refractivity contribution >= 4 is 5.91 Å². The highest BCUT2D eigenvalue weighted by atomic mass is 19.1. The predicted octanol–water partition coefficient (Wildman–Crippen LogP) is 2.68. The van der Waals surface area contributed by atoms with Crippen molar-refractivity contribution in [1.82, 2.24) is 4.90 Å². The van der Waals surface area contributed by atoms with E-state index in [9.17, 15) is 9.18 Å². The first-order valence-corrected chi connectivity index (χ1v) is 5.62. The van der Waals surface area contributed by atoms with Gasteiger partial charge in [0, 0.05) is 14.0 Å². The monoisotopic (exact) mass is 221 g/mol. The highest BCUT2D eigenvalue weighted by Gasteiger charge is 2.26. The van der Waals surface area contributed by atoms with Crippen LogP contribution in [0.25, 0.3) is 0 Å². The fourth-order valence-electron chi connectivity index (χ4n) is 2.40. The molecule has 1 unspecified atom stereocenters. The number of benzene rings is 1. The lowest BCUT2D eigenvalue weighted by Crippen LogP contribution is -2.31. The first-order chi connectivity index (χ1) is 7.61. The fraction of sp³-hybridized carbons (Fsp3) is 0.462. The Balaban J connectivity index is 2.40. The molecule has 1 aromatic rings. The van der Waals surface area contributed by atoms with E-state index in [1.165, 1.54) is 6.07 Å². The third-order valence-electron chi connectivity index (χ3n) is 3.38. The summed E-state index contributed by atoms with van der Waals surface area (Å²) < 4.78 is 13.6. The maximum absolute atomic E-state index is 13.6. The molecule has 0 heterocycles. The zero-order valence-electron chi connectivity index (χ0n) is 9.66. The number of carbonyl (C=O) groups is 1. The van der Waals surface area contributed by atoms with Gasteiger partial charge in [-0.3, -0.25) is 4.79 Å². The van der Waals surface area contributed by atoms with Gasteiger partial charge in [-0.1, -0.05) is 12.1 Å². The van der Waals surface area contributed by atoms with Crippen molar-refractivity contribution in [2.45, 2.75) is 32.2 Å². The molecule has 2 nitrogen and oxygen atoms in total. The maximum Gasteiger partial charge on any atom is 0.219 e. The molecule has 1 aromatic carbocycles. The molecule has 0 N–H and O–H groups in total. The molecule has 1 aliphatic rings. The van der Waals surface area contributed by atoms with E-state index in [-0.39, 0.29) is 17.8 Å². The van der Waals surface area contributed by atoms with E-state index >= 15 is 0 Å². The van der Waals surface area contributed by atoms with E-state index in [0.29, 0.717) is 0 Å². The Bertz CT molecular complexity index is 416. The molecule has 1 amide bonds. The Morgan fingerprint density at radius 1 is 1.50 bits per heavy atom. The number of nitrogens with zero attached hydrogens (tertiary/aromatic N) is 1. The largest absolute Gasteiger partial charge is 0.339 e. The van der Waals surface area contributed by atoms with E-state index in [0.717, 1.165) is 30.4 Å². The van der Waals surface area contributed by atoms with Gasteiger partial charge in [-0.25, -0.2) is 4.39 Å². The van der Waals surface area contributed by atoms with E-state index in [1.54, 1.807) is 24.9 Å². The van der Waals surface area contributed by atoms with Gasteiger partial charge in [0.05, 0.1) is 6.04 Å². The van der Waals surface area contributed by atoms with Gasteiger partial charge in [0.15, 0.2) is 0 Å². The Morgan fingerprint density at radius 3 is 2.94 bits per heavy atom. The Kier molecular flexibility index (Phi) is 2.95. The SMILES string of the molecule is CC(=O)N(C)C1CCCc2c(F)cccc21. The summed E-state index contributed by atoms with van der Waals surface area (Å²) in [6.07, 6.45) is 2.65. The summed E-state index contributed by atoms with van der Waals surface area (Å²) >= 11 is 0. The molecule has 3 heteroatoms. The Labute approximate surface area is 95.1 Å². The summed E-state index contributed by atoms with van der Waals surface area (Å²) in [7, 11) is 1.78. The second kappa shape index (κ2) is 4.24. The number of halogens is 1. The minimum atomic E-state index is -0.140. The highest BCUT2D eigenvalue weighted by Crippen LogP contribution is 2.34. The van der Waals surface area contributed by atoms with Gasteiger partial charge in [-0.05, 0) is 36.5 Å². The molecule has 2 rings (SSSR count). The minimum Gasteiger partial charge on any atom is -0.339 e. The summed E-state index contributed by atoms with van der Waals surface area (Å²) in [6, 6.07) is 5.19. The van der Waals surface area contributed by atoms with Crippen molar-refractivity contribution in [3.63, 3.8) is 0 Å². The molecule has 0 aliphatic heterocycles. The van der Waals surface area contributed by atoms with Crippen molar-refractivity contribution in [2.24, 2.45) is 0 Å². The van der Waals surface area contributed by atoms with E-state index < -0.39 is 0 Å². The number of amides is 1. The van der Waals surface area contributed by atoms with Crippen LogP contribution in [-0.4, -0.2) is 17.9 Å². The van der Waals surface area contributed by atoms with Crippen molar-refractivity contribution in [3.05, 3.63) is 35.1 Å². The third-order valence-corrected chi connectivity index (χ3v) is 3.38. The predicted molar refractivity (Wildman–Crippen MR) is 60.5 cm³/mol. The van der Waals surface area contributed by atoms with Gasteiger partial charge in [0.1, 0.15) is 5.82 Å². The second-order valence-electron chi connectivity index (χ2n) is 4.35. The van der Waals surface area contributed by atoms with Gasteiger partial charge >= 0.3 is 0 Å². The van der Waals surface area contributed by atoms with Crippen LogP contribution in [0.2, 0.25) is 0 Å². The van der Waals surface area contributed by atoms with Crippen LogP contribution in [0.1, 0.15) is 36.9 Å². The van der Waals surface area contributed by atoms with Crippen LogP contribution >= 0.6 is 0 Å². The summed E-state index contributed by atoms with van der Waals surface area (Å²) in [5, 5.41) is 0. The van der Waals surface area contributed by atoms with Crippen LogP contribution in [0.15, 0.2) is 18.2 Å². The van der Waals surface area contributed by atoms with Gasteiger partial charge in [-0.15, -0.1) is 0 Å². The Morgan fingerprint density at radius 2 is 2.25 bits per heavy atom. The second-order valence-corrected chi connectivity index (χ2v) is 4.35. The molecule has 1 aliphatic carbocycles. The van der Waals surface area contributed by atoms with E-state index in [2.05, 4.69) is 0 Å². The first kappa shape index (κ1) is 11.1. The van der Waals surface area contributed by atoms with Crippen LogP contribution in [0, 0.1) is 5.82 Å². The molecule has 0 aromatic heterocycles. The summed E-state index contributed by atoms with van der Waals surface area (Å²) in [6.45, 7) is 1.55. The normalized spacial score (nSPS) is 19.1. The van der Waals surface area contributed by atoms with Crippen molar-refractivity contribution < 1.29 is 9.18 Å². The smallest absolute Gasteiger partial charge is 0.219 e. The van der Waals surface area contributed by atoms with Gasteiger partial charge in [0.2, 0.25) is 5.91 Å². The molecular weight excluding hydrogens is 205 g/mol. The molecule has 0 radical (unpaired) electrons.